The Kier molecular flexibility index (Phi) is 6.62. The maximum atomic E-state index is 13.6. The predicted molar refractivity (Wildman–Crippen MR) is 78.6 cm³/mol. The van der Waals surface area contributed by atoms with Gasteiger partial charge in [-0.2, -0.15) is 0 Å². The van der Waals surface area contributed by atoms with Gasteiger partial charge in [-0.3, -0.25) is 4.21 Å². The molecule has 0 saturated carbocycles. The standard InChI is InChI=1S/C13H21FN2O2S/c1-3-6-18-13-9-12(11(15)8-10(13)14)16-5-7-19(17)4-2/h8-9,16H,3-7,15H2,1-2H3. The second kappa shape index (κ2) is 7.99. The Labute approximate surface area is 116 Å². The van der Waals surface area contributed by atoms with Crippen molar-refractivity contribution in [2.75, 3.05) is 35.7 Å². The molecule has 1 aromatic carbocycles. The lowest BCUT2D eigenvalue weighted by Crippen LogP contribution is -2.13. The van der Waals surface area contributed by atoms with Gasteiger partial charge in [0.25, 0.3) is 0 Å². The molecule has 0 aromatic heterocycles. The number of ether oxygens (including phenoxy) is 1. The van der Waals surface area contributed by atoms with Crippen molar-refractivity contribution in [3.63, 3.8) is 0 Å². The minimum absolute atomic E-state index is 0.190. The van der Waals surface area contributed by atoms with Gasteiger partial charge in [-0.25, -0.2) is 4.39 Å². The van der Waals surface area contributed by atoms with Crippen molar-refractivity contribution in [2.45, 2.75) is 20.3 Å². The number of halogens is 1. The van der Waals surface area contributed by atoms with Gasteiger partial charge in [0.05, 0.1) is 18.0 Å². The van der Waals surface area contributed by atoms with Gasteiger partial charge in [-0.15, -0.1) is 0 Å². The number of anilines is 2. The van der Waals surface area contributed by atoms with Gasteiger partial charge in [0, 0.05) is 41.0 Å². The third kappa shape index (κ3) is 5.06. The van der Waals surface area contributed by atoms with Crippen LogP contribution in [-0.2, 0) is 10.8 Å². The number of nitrogens with two attached hydrogens (primary N) is 1. The topological polar surface area (TPSA) is 64.3 Å². The minimum atomic E-state index is -0.830. The molecule has 0 spiro atoms. The van der Waals surface area contributed by atoms with Crippen molar-refractivity contribution >= 4 is 22.2 Å². The zero-order valence-electron chi connectivity index (χ0n) is 11.4. The summed E-state index contributed by atoms with van der Waals surface area (Å²) in [6, 6.07) is 2.79. The van der Waals surface area contributed by atoms with Crippen molar-refractivity contribution < 1.29 is 13.3 Å². The lowest BCUT2D eigenvalue weighted by molar-refractivity contribution is 0.301. The van der Waals surface area contributed by atoms with E-state index in [1.54, 1.807) is 6.07 Å². The van der Waals surface area contributed by atoms with E-state index in [1.165, 1.54) is 6.07 Å². The number of nitrogens with one attached hydrogen (secondary N) is 1. The molecule has 0 aliphatic carbocycles. The van der Waals surface area contributed by atoms with Crippen molar-refractivity contribution in [3.05, 3.63) is 17.9 Å². The van der Waals surface area contributed by atoms with E-state index in [0.717, 1.165) is 6.42 Å². The zero-order chi connectivity index (χ0) is 14.3. The van der Waals surface area contributed by atoms with Crippen molar-refractivity contribution in [2.24, 2.45) is 0 Å². The van der Waals surface area contributed by atoms with Gasteiger partial charge in [-0.1, -0.05) is 13.8 Å². The van der Waals surface area contributed by atoms with E-state index >= 15 is 0 Å². The molecule has 1 rings (SSSR count). The van der Waals surface area contributed by atoms with Crippen LogP contribution in [0.3, 0.4) is 0 Å². The van der Waals surface area contributed by atoms with E-state index in [1.807, 2.05) is 13.8 Å². The highest BCUT2D eigenvalue weighted by molar-refractivity contribution is 7.84. The SMILES string of the molecule is CCCOc1cc(NCCS(=O)CC)c(N)cc1F. The van der Waals surface area contributed by atoms with E-state index in [-0.39, 0.29) is 5.75 Å². The lowest BCUT2D eigenvalue weighted by atomic mass is 10.2. The maximum absolute atomic E-state index is 13.6. The summed E-state index contributed by atoms with van der Waals surface area (Å²) in [5.41, 5.74) is 6.67. The molecular formula is C13H21FN2O2S. The van der Waals surface area contributed by atoms with Gasteiger partial charge in [-0.05, 0) is 6.42 Å². The molecule has 0 heterocycles. The van der Waals surface area contributed by atoms with E-state index in [9.17, 15) is 8.60 Å². The van der Waals surface area contributed by atoms with Crippen molar-refractivity contribution in [1.29, 1.82) is 0 Å². The summed E-state index contributed by atoms with van der Waals surface area (Å²) in [5, 5.41) is 3.06. The molecule has 19 heavy (non-hydrogen) atoms. The average molecular weight is 288 g/mol. The van der Waals surface area contributed by atoms with Crippen molar-refractivity contribution in [1.82, 2.24) is 0 Å². The Bertz CT molecular complexity index is 441. The van der Waals surface area contributed by atoms with Crippen LogP contribution >= 0.6 is 0 Å². The van der Waals surface area contributed by atoms with Crippen LogP contribution in [0.1, 0.15) is 20.3 Å². The van der Waals surface area contributed by atoms with Gasteiger partial charge >= 0.3 is 0 Å². The summed E-state index contributed by atoms with van der Waals surface area (Å²) in [5.74, 6) is 0.896. The Morgan fingerprint density at radius 1 is 1.42 bits per heavy atom. The molecule has 6 heteroatoms. The van der Waals surface area contributed by atoms with Crippen LogP contribution in [0.5, 0.6) is 5.75 Å². The predicted octanol–water partition coefficient (Wildman–Crippen LogP) is 2.38. The first-order valence-electron chi connectivity index (χ1n) is 6.39. The Morgan fingerprint density at radius 3 is 2.79 bits per heavy atom. The molecular weight excluding hydrogens is 267 g/mol. The first-order valence-corrected chi connectivity index (χ1v) is 7.87. The monoisotopic (exact) mass is 288 g/mol. The van der Waals surface area contributed by atoms with Crippen LogP contribution in [0.4, 0.5) is 15.8 Å². The molecule has 0 saturated heterocycles. The van der Waals surface area contributed by atoms with Gasteiger partial charge in [0.1, 0.15) is 0 Å². The lowest BCUT2D eigenvalue weighted by Gasteiger charge is -2.12. The Hall–Kier alpha value is -1.30. The highest BCUT2D eigenvalue weighted by Gasteiger charge is 2.09. The number of hydrogen-bond acceptors (Lipinski definition) is 4. The van der Waals surface area contributed by atoms with Crippen LogP contribution in [0, 0.1) is 5.82 Å². The molecule has 0 radical (unpaired) electrons. The van der Waals surface area contributed by atoms with Crippen LogP contribution in [0.2, 0.25) is 0 Å². The van der Waals surface area contributed by atoms with Crippen LogP contribution in [-0.4, -0.2) is 28.9 Å². The van der Waals surface area contributed by atoms with Gasteiger partial charge in [0.15, 0.2) is 11.6 Å². The molecule has 0 amide bonds. The summed E-state index contributed by atoms with van der Waals surface area (Å²) < 4.78 is 30.2. The van der Waals surface area contributed by atoms with E-state index in [2.05, 4.69) is 5.32 Å². The van der Waals surface area contributed by atoms with Gasteiger partial charge < -0.3 is 15.8 Å². The van der Waals surface area contributed by atoms with E-state index in [4.69, 9.17) is 10.5 Å². The molecule has 0 bridgehead atoms. The molecule has 3 N–H and O–H groups in total. The Morgan fingerprint density at radius 2 is 2.16 bits per heavy atom. The first kappa shape index (κ1) is 15.8. The normalized spacial score (nSPS) is 12.2. The third-order valence-corrected chi connectivity index (χ3v) is 3.84. The molecule has 1 atom stereocenters. The van der Waals surface area contributed by atoms with Crippen LogP contribution < -0.4 is 15.8 Å². The zero-order valence-corrected chi connectivity index (χ0v) is 12.2. The number of rotatable bonds is 8. The smallest absolute Gasteiger partial charge is 0.167 e. The highest BCUT2D eigenvalue weighted by Crippen LogP contribution is 2.28. The van der Waals surface area contributed by atoms with E-state index in [0.29, 0.717) is 36.0 Å². The fraction of sp³-hybridized carbons (Fsp3) is 0.538. The highest BCUT2D eigenvalue weighted by atomic mass is 32.2. The molecule has 108 valence electrons. The van der Waals surface area contributed by atoms with Crippen molar-refractivity contribution in [3.8, 4) is 5.75 Å². The molecule has 0 aliphatic heterocycles. The summed E-state index contributed by atoms with van der Waals surface area (Å²) in [6.45, 7) is 4.82. The van der Waals surface area contributed by atoms with Crippen LogP contribution in [0.15, 0.2) is 12.1 Å². The number of hydrogen-bond donors (Lipinski definition) is 2. The minimum Gasteiger partial charge on any atom is -0.490 e. The largest absolute Gasteiger partial charge is 0.490 e. The average Bonchev–Trinajstić information content (AvgIpc) is 2.39. The van der Waals surface area contributed by atoms with Crippen LogP contribution in [0.25, 0.3) is 0 Å². The summed E-state index contributed by atoms with van der Waals surface area (Å²) in [7, 11) is -0.830. The first-order chi connectivity index (χ1) is 9.08. The molecule has 0 fully saturated rings. The second-order valence-electron chi connectivity index (χ2n) is 4.08. The van der Waals surface area contributed by atoms with Gasteiger partial charge in [0.2, 0.25) is 0 Å². The quantitative estimate of drug-likeness (QED) is 0.721. The fourth-order valence-electron chi connectivity index (χ4n) is 1.49. The number of benzene rings is 1. The maximum Gasteiger partial charge on any atom is 0.167 e. The number of nitrogen functional groups attached to an aromatic ring is 1. The molecule has 4 nitrogen and oxygen atoms in total. The summed E-state index contributed by atoms with van der Waals surface area (Å²) in [4.78, 5) is 0. The fourth-order valence-corrected chi connectivity index (χ4v) is 2.11. The molecule has 0 aliphatic rings. The third-order valence-electron chi connectivity index (χ3n) is 2.53. The molecule has 1 aromatic rings. The Balaban J connectivity index is 2.68. The molecule has 1 unspecified atom stereocenters. The van der Waals surface area contributed by atoms with E-state index < -0.39 is 16.6 Å². The second-order valence-corrected chi connectivity index (χ2v) is 5.94. The summed E-state index contributed by atoms with van der Waals surface area (Å²) in [6.07, 6.45) is 0.808. The summed E-state index contributed by atoms with van der Waals surface area (Å²) >= 11 is 0.